The van der Waals surface area contributed by atoms with E-state index in [2.05, 4.69) is 11.9 Å². The lowest BCUT2D eigenvalue weighted by Crippen LogP contribution is -2.61. The van der Waals surface area contributed by atoms with E-state index in [0.717, 1.165) is 35.8 Å². The zero-order valence-electron chi connectivity index (χ0n) is 12.8. The van der Waals surface area contributed by atoms with Crippen LogP contribution >= 0.6 is 0 Å². The third kappa shape index (κ3) is 1.36. The molecule has 0 radical (unpaired) electrons. The molecule has 3 heterocycles. The Morgan fingerprint density at radius 3 is 3.00 bits per heavy atom. The predicted molar refractivity (Wildman–Crippen MR) is 79.7 cm³/mol. The topological polar surface area (TPSA) is 61.7 Å². The molecule has 1 fully saturated rings. The summed E-state index contributed by atoms with van der Waals surface area (Å²) in [5.41, 5.74) is 6.90. The molecule has 1 aromatic rings. The summed E-state index contributed by atoms with van der Waals surface area (Å²) in [5.74, 6) is 1.54. The highest BCUT2D eigenvalue weighted by Gasteiger charge is 2.73. The monoisotopic (exact) mass is 288 g/mol. The van der Waals surface area contributed by atoms with Crippen LogP contribution in [0.15, 0.2) is 18.2 Å². The molecule has 0 aromatic heterocycles. The maximum absolute atomic E-state index is 11.7. The number of aryl methyl sites for hydroxylation is 1. The quantitative estimate of drug-likeness (QED) is 0.654. The summed E-state index contributed by atoms with van der Waals surface area (Å²) in [6.07, 6.45) is -0.104. The highest BCUT2D eigenvalue weighted by Crippen LogP contribution is 2.56. The van der Waals surface area contributed by atoms with Gasteiger partial charge in [-0.1, -0.05) is 11.6 Å². The van der Waals surface area contributed by atoms with Crippen molar-refractivity contribution in [3.63, 3.8) is 0 Å². The number of rotatable bonds is 0. The molecular weight excluding hydrogens is 266 g/mol. The van der Waals surface area contributed by atoms with Gasteiger partial charge in [-0.05, 0) is 26.1 Å². The van der Waals surface area contributed by atoms with Crippen molar-refractivity contribution in [3.05, 3.63) is 29.3 Å². The molecule has 0 amide bonds. The Kier molecular flexibility index (Phi) is 2.36. The van der Waals surface area contributed by atoms with Crippen LogP contribution in [0, 0.1) is 12.3 Å². The zero-order valence-corrected chi connectivity index (χ0v) is 12.8. The molecule has 1 saturated heterocycles. The van der Waals surface area contributed by atoms with Gasteiger partial charge in [0.15, 0.2) is 11.0 Å². The Morgan fingerprint density at radius 1 is 1.48 bits per heavy atom. The average Bonchev–Trinajstić information content (AvgIpc) is 2.85. The van der Waals surface area contributed by atoms with Crippen LogP contribution in [0.25, 0.3) is 0 Å². The molecule has 3 aliphatic rings. The molecule has 21 heavy (non-hydrogen) atoms. The highest BCUT2D eigenvalue weighted by atomic mass is 16.5. The van der Waals surface area contributed by atoms with Gasteiger partial charge in [-0.25, -0.2) is 0 Å². The number of β-amino-alcohol motifs (C(OH)–C–C–N with tert-alkyl or cyclic N) is 1. The van der Waals surface area contributed by atoms with Gasteiger partial charge in [0.25, 0.3) is 5.84 Å². The van der Waals surface area contributed by atoms with Crippen molar-refractivity contribution < 1.29 is 14.4 Å². The molecule has 1 spiro atoms. The Hall–Kier alpha value is -1.59. The molecule has 3 aliphatic heterocycles. The first-order valence-corrected chi connectivity index (χ1v) is 7.41. The number of amidine groups is 1. The summed E-state index contributed by atoms with van der Waals surface area (Å²) in [6.45, 7) is 4.06. The van der Waals surface area contributed by atoms with E-state index in [9.17, 15) is 5.11 Å². The van der Waals surface area contributed by atoms with Crippen molar-refractivity contribution in [2.24, 2.45) is 11.1 Å². The third-order valence-corrected chi connectivity index (χ3v) is 5.47. The summed E-state index contributed by atoms with van der Waals surface area (Å²) in [6, 6.07) is 6.04. The Morgan fingerprint density at radius 2 is 2.24 bits per heavy atom. The van der Waals surface area contributed by atoms with Gasteiger partial charge in [-0.15, -0.1) is 0 Å². The minimum absolute atomic E-state index is 0.104. The van der Waals surface area contributed by atoms with Crippen molar-refractivity contribution >= 4 is 5.84 Å². The van der Waals surface area contributed by atoms with Crippen LogP contribution in [0.1, 0.15) is 11.1 Å². The molecule has 112 valence electrons. The van der Waals surface area contributed by atoms with Crippen molar-refractivity contribution in [1.29, 1.82) is 0 Å². The summed E-state index contributed by atoms with van der Waals surface area (Å²) in [5, 5.41) is 11.7. The van der Waals surface area contributed by atoms with Crippen molar-refractivity contribution in [3.8, 4) is 5.75 Å². The van der Waals surface area contributed by atoms with E-state index in [-0.39, 0.29) is 6.10 Å². The first-order valence-electron chi connectivity index (χ1n) is 7.41. The van der Waals surface area contributed by atoms with Gasteiger partial charge < -0.3 is 14.7 Å². The standard InChI is InChI=1S/C16H21N3O2/c1-10-4-5-12-11(6-10)16(20)9-19(3)14(17)15(16)8-18(2)7-13(15)21-12/h4-6,13,17,20H,7-9H2,1-3H3/p+1/t13-,15+,16-/m0/s1. The van der Waals surface area contributed by atoms with Gasteiger partial charge in [0.05, 0.1) is 7.05 Å². The maximum atomic E-state index is 11.7. The second-order valence-corrected chi connectivity index (χ2v) is 6.88. The van der Waals surface area contributed by atoms with Crippen LogP contribution in [-0.2, 0) is 5.60 Å². The minimum atomic E-state index is -0.985. The Bertz CT molecular complexity index is 671. The SMILES string of the molecule is Cc1ccc2c(c1)[C@@]1(O)C[N+](C)=C(N)[C@]13CN(C)C[C@@H]3O2. The van der Waals surface area contributed by atoms with E-state index in [1.165, 1.54) is 0 Å². The number of nitrogens with zero attached hydrogens (tertiary/aromatic N) is 2. The number of likely N-dealkylation sites (tertiary alicyclic amines) is 1. The van der Waals surface area contributed by atoms with E-state index in [0.29, 0.717) is 6.54 Å². The summed E-state index contributed by atoms with van der Waals surface area (Å²) < 4.78 is 8.22. The number of nitrogens with two attached hydrogens (primary N) is 1. The van der Waals surface area contributed by atoms with Crippen LogP contribution in [0.4, 0.5) is 0 Å². The number of ether oxygens (including phenoxy) is 1. The fourth-order valence-corrected chi connectivity index (χ4v) is 4.48. The number of benzene rings is 1. The van der Waals surface area contributed by atoms with Gasteiger partial charge >= 0.3 is 0 Å². The van der Waals surface area contributed by atoms with E-state index in [1.807, 2.05) is 36.7 Å². The lowest BCUT2D eigenvalue weighted by molar-refractivity contribution is -0.505. The van der Waals surface area contributed by atoms with Crippen molar-refractivity contribution in [2.45, 2.75) is 18.6 Å². The molecule has 0 bridgehead atoms. The number of fused-ring (bicyclic) bond motifs is 2. The van der Waals surface area contributed by atoms with E-state index >= 15 is 0 Å². The summed E-state index contributed by atoms with van der Waals surface area (Å²) in [7, 11) is 4.00. The molecule has 5 heteroatoms. The molecule has 1 aromatic carbocycles. The second-order valence-electron chi connectivity index (χ2n) is 6.88. The average molecular weight is 288 g/mol. The third-order valence-electron chi connectivity index (χ3n) is 5.47. The van der Waals surface area contributed by atoms with Crippen molar-refractivity contribution in [2.75, 3.05) is 33.7 Å². The fraction of sp³-hybridized carbons (Fsp3) is 0.562. The Labute approximate surface area is 124 Å². The minimum Gasteiger partial charge on any atom is -0.487 e. The fourth-order valence-electron chi connectivity index (χ4n) is 4.48. The van der Waals surface area contributed by atoms with Gasteiger partial charge in [-0.2, -0.15) is 0 Å². The van der Waals surface area contributed by atoms with Gasteiger partial charge in [0.1, 0.15) is 18.4 Å². The summed E-state index contributed by atoms with van der Waals surface area (Å²) in [4.78, 5) is 2.19. The molecule has 0 unspecified atom stereocenters. The molecule has 3 N–H and O–H groups in total. The predicted octanol–water partition coefficient (Wildman–Crippen LogP) is -0.111. The number of hydrogen-bond donors (Lipinski definition) is 2. The lowest BCUT2D eigenvalue weighted by Gasteiger charge is -2.44. The van der Waals surface area contributed by atoms with Crippen LogP contribution in [0.3, 0.4) is 0 Å². The largest absolute Gasteiger partial charge is 0.487 e. The smallest absolute Gasteiger partial charge is 0.257 e. The van der Waals surface area contributed by atoms with E-state index < -0.39 is 11.0 Å². The second kappa shape index (κ2) is 3.78. The van der Waals surface area contributed by atoms with Crippen LogP contribution in [0.2, 0.25) is 0 Å². The van der Waals surface area contributed by atoms with Crippen LogP contribution in [-0.4, -0.2) is 60.3 Å². The number of hydrogen-bond acceptors (Lipinski definition) is 4. The molecule has 4 rings (SSSR count). The number of likely N-dealkylation sites (N-methyl/N-ethyl adjacent to an activating group) is 2. The van der Waals surface area contributed by atoms with Crippen molar-refractivity contribution in [1.82, 2.24) is 4.90 Å². The summed E-state index contributed by atoms with van der Waals surface area (Å²) >= 11 is 0. The first kappa shape index (κ1) is 13.1. The molecular formula is C16H22N3O2+. The van der Waals surface area contributed by atoms with E-state index in [1.54, 1.807) is 0 Å². The van der Waals surface area contributed by atoms with Crippen LogP contribution in [0.5, 0.6) is 5.75 Å². The lowest BCUT2D eigenvalue weighted by atomic mass is 9.65. The molecule has 3 atom stereocenters. The van der Waals surface area contributed by atoms with Gasteiger partial charge in [0.2, 0.25) is 0 Å². The maximum Gasteiger partial charge on any atom is 0.257 e. The van der Waals surface area contributed by atoms with E-state index in [4.69, 9.17) is 10.5 Å². The normalized spacial score (nSPS) is 38.0. The molecule has 0 saturated carbocycles. The van der Waals surface area contributed by atoms with Gasteiger partial charge in [-0.3, -0.25) is 10.3 Å². The van der Waals surface area contributed by atoms with Crippen LogP contribution < -0.4 is 10.5 Å². The van der Waals surface area contributed by atoms with Gasteiger partial charge in [0, 0.05) is 18.7 Å². The molecule has 5 nitrogen and oxygen atoms in total. The first-order chi connectivity index (χ1) is 9.88. The number of aliphatic hydroxyl groups is 1. The Balaban J connectivity index is 2.00. The highest BCUT2D eigenvalue weighted by molar-refractivity contribution is 5.87. The molecule has 0 aliphatic carbocycles. The zero-order chi connectivity index (χ0) is 15.0.